The monoisotopic (exact) mass is 262 g/mol. The third-order valence-corrected chi connectivity index (χ3v) is 3.87. The molecule has 19 heavy (non-hydrogen) atoms. The second-order valence-corrected chi connectivity index (χ2v) is 5.11. The Bertz CT molecular complexity index is 442. The van der Waals surface area contributed by atoms with Crippen LogP contribution in [0.1, 0.15) is 18.1 Å². The molecule has 3 rings (SSSR count). The minimum atomic E-state index is 0.660. The molecular formula is C15H22N2O2. The van der Waals surface area contributed by atoms with Crippen LogP contribution in [0.5, 0.6) is 11.5 Å². The number of rotatable bonds is 3. The van der Waals surface area contributed by atoms with Gasteiger partial charge in [-0.05, 0) is 18.1 Å². The number of piperazine rings is 1. The van der Waals surface area contributed by atoms with Crippen LogP contribution in [0.3, 0.4) is 0 Å². The number of hydrogen-bond acceptors (Lipinski definition) is 4. The predicted molar refractivity (Wildman–Crippen MR) is 75.0 cm³/mol. The number of nitrogens with one attached hydrogen (secondary N) is 1. The first-order valence-electron chi connectivity index (χ1n) is 7.22. The Kier molecular flexibility index (Phi) is 3.89. The van der Waals surface area contributed by atoms with Gasteiger partial charge in [0.15, 0.2) is 11.5 Å². The zero-order chi connectivity index (χ0) is 13.1. The molecule has 0 aliphatic carbocycles. The summed E-state index contributed by atoms with van der Waals surface area (Å²) in [5.41, 5.74) is 2.70. The van der Waals surface area contributed by atoms with Crippen molar-refractivity contribution in [3.63, 3.8) is 0 Å². The lowest BCUT2D eigenvalue weighted by atomic mass is 10.0. The van der Waals surface area contributed by atoms with E-state index < -0.39 is 0 Å². The fourth-order valence-corrected chi connectivity index (χ4v) is 2.86. The number of nitrogens with zero attached hydrogens (tertiary/aromatic N) is 1. The Morgan fingerprint density at radius 3 is 2.74 bits per heavy atom. The van der Waals surface area contributed by atoms with Crippen molar-refractivity contribution in [3.05, 3.63) is 23.3 Å². The van der Waals surface area contributed by atoms with Gasteiger partial charge in [0.25, 0.3) is 0 Å². The minimum absolute atomic E-state index is 0.660. The van der Waals surface area contributed by atoms with E-state index in [0.29, 0.717) is 13.2 Å². The molecular weight excluding hydrogens is 240 g/mol. The van der Waals surface area contributed by atoms with Crippen LogP contribution in [0.15, 0.2) is 12.1 Å². The summed E-state index contributed by atoms with van der Waals surface area (Å²) in [6.45, 7) is 8.95. The van der Waals surface area contributed by atoms with Gasteiger partial charge in [-0.15, -0.1) is 0 Å². The Hall–Kier alpha value is -1.26. The fourth-order valence-electron chi connectivity index (χ4n) is 2.86. The highest BCUT2D eigenvalue weighted by Crippen LogP contribution is 2.36. The summed E-state index contributed by atoms with van der Waals surface area (Å²) < 4.78 is 11.5. The molecule has 2 heterocycles. The van der Waals surface area contributed by atoms with Crippen LogP contribution < -0.4 is 14.8 Å². The molecule has 0 saturated carbocycles. The third-order valence-electron chi connectivity index (χ3n) is 3.87. The van der Waals surface area contributed by atoms with Gasteiger partial charge in [0.05, 0.1) is 0 Å². The van der Waals surface area contributed by atoms with Gasteiger partial charge in [-0.25, -0.2) is 0 Å². The van der Waals surface area contributed by atoms with Gasteiger partial charge in [0, 0.05) is 38.3 Å². The van der Waals surface area contributed by atoms with Gasteiger partial charge >= 0.3 is 0 Å². The van der Waals surface area contributed by atoms with Gasteiger partial charge in [-0.3, -0.25) is 4.90 Å². The van der Waals surface area contributed by atoms with Crippen LogP contribution in [0.25, 0.3) is 0 Å². The molecule has 0 aromatic heterocycles. The second kappa shape index (κ2) is 5.80. The molecule has 2 aliphatic heterocycles. The average molecular weight is 262 g/mol. The molecule has 4 nitrogen and oxygen atoms in total. The van der Waals surface area contributed by atoms with Crippen molar-refractivity contribution in [2.75, 3.05) is 39.4 Å². The fraction of sp³-hybridized carbons (Fsp3) is 0.600. The first-order valence-corrected chi connectivity index (χ1v) is 7.22. The van der Waals surface area contributed by atoms with Gasteiger partial charge in [-0.1, -0.05) is 13.0 Å². The van der Waals surface area contributed by atoms with E-state index in [1.54, 1.807) is 0 Å². The van der Waals surface area contributed by atoms with E-state index in [9.17, 15) is 0 Å². The molecule has 0 amide bonds. The Morgan fingerprint density at radius 2 is 1.95 bits per heavy atom. The van der Waals surface area contributed by atoms with Crippen molar-refractivity contribution in [1.82, 2.24) is 10.2 Å². The molecule has 0 unspecified atom stereocenters. The van der Waals surface area contributed by atoms with Gasteiger partial charge in [0.2, 0.25) is 0 Å². The molecule has 1 fully saturated rings. The summed E-state index contributed by atoms with van der Waals surface area (Å²) in [5, 5.41) is 3.39. The van der Waals surface area contributed by atoms with Crippen LogP contribution in [-0.4, -0.2) is 44.3 Å². The molecule has 0 bridgehead atoms. The second-order valence-electron chi connectivity index (χ2n) is 5.11. The quantitative estimate of drug-likeness (QED) is 0.893. The largest absolute Gasteiger partial charge is 0.486 e. The molecule has 104 valence electrons. The highest BCUT2D eigenvalue weighted by Gasteiger charge is 2.19. The Balaban J connectivity index is 1.83. The molecule has 1 N–H and O–H groups in total. The summed E-state index contributed by atoms with van der Waals surface area (Å²) in [5.74, 6) is 1.88. The highest BCUT2D eigenvalue weighted by atomic mass is 16.6. The molecule has 0 atom stereocenters. The number of hydrogen-bond donors (Lipinski definition) is 1. The van der Waals surface area contributed by atoms with Crippen LogP contribution in [0.2, 0.25) is 0 Å². The smallest absolute Gasteiger partial charge is 0.164 e. The maximum Gasteiger partial charge on any atom is 0.164 e. The molecule has 0 spiro atoms. The minimum Gasteiger partial charge on any atom is -0.486 e. The maximum atomic E-state index is 5.82. The van der Waals surface area contributed by atoms with Gasteiger partial charge < -0.3 is 14.8 Å². The van der Waals surface area contributed by atoms with E-state index in [-0.39, 0.29) is 0 Å². The zero-order valence-corrected chi connectivity index (χ0v) is 11.6. The van der Waals surface area contributed by atoms with E-state index in [1.165, 1.54) is 11.1 Å². The summed E-state index contributed by atoms with van der Waals surface area (Å²) >= 11 is 0. The molecule has 1 aromatic rings. The molecule has 1 aromatic carbocycles. The van der Waals surface area contributed by atoms with E-state index in [4.69, 9.17) is 9.47 Å². The van der Waals surface area contributed by atoms with Crippen molar-refractivity contribution >= 4 is 0 Å². The normalized spacial score (nSPS) is 19.4. The molecule has 4 heteroatoms. The lowest BCUT2D eigenvalue weighted by Crippen LogP contribution is -2.43. The van der Waals surface area contributed by atoms with E-state index in [0.717, 1.165) is 50.6 Å². The summed E-state index contributed by atoms with van der Waals surface area (Å²) in [6, 6.07) is 4.26. The summed E-state index contributed by atoms with van der Waals surface area (Å²) in [4.78, 5) is 2.50. The van der Waals surface area contributed by atoms with Crippen molar-refractivity contribution in [3.8, 4) is 11.5 Å². The number of benzene rings is 1. The maximum absolute atomic E-state index is 5.82. The first-order chi connectivity index (χ1) is 9.38. The highest BCUT2D eigenvalue weighted by molar-refractivity contribution is 5.51. The van der Waals surface area contributed by atoms with Crippen molar-refractivity contribution in [2.24, 2.45) is 0 Å². The van der Waals surface area contributed by atoms with Crippen molar-refractivity contribution < 1.29 is 9.47 Å². The van der Waals surface area contributed by atoms with Crippen LogP contribution >= 0.6 is 0 Å². The third kappa shape index (κ3) is 2.69. The lowest BCUT2D eigenvalue weighted by Gasteiger charge is -2.29. The summed E-state index contributed by atoms with van der Waals surface area (Å²) in [7, 11) is 0. The van der Waals surface area contributed by atoms with Gasteiger partial charge in [-0.2, -0.15) is 0 Å². The first kappa shape index (κ1) is 12.8. The topological polar surface area (TPSA) is 33.7 Å². The Labute approximate surface area is 114 Å². The predicted octanol–water partition coefficient (Wildman–Crippen LogP) is 1.43. The Morgan fingerprint density at radius 1 is 1.16 bits per heavy atom. The molecule has 1 saturated heterocycles. The standard InChI is InChI=1S/C15H22N2O2/c1-2-13-12(11-17-7-5-16-6-8-17)3-4-14-15(13)19-10-9-18-14/h3-4,16H,2,5-11H2,1H3. The average Bonchev–Trinajstić information content (AvgIpc) is 2.48. The van der Waals surface area contributed by atoms with E-state index >= 15 is 0 Å². The van der Waals surface area contributed by atoms with E-state index in [2.05, 4.69) is 29.3 Å². The summed E-state index contributed by atoms with van der Waals surface area (Å²) in [6.07, 6.45) is 0.994. The van der Waals surface area contributed by atoms with Crippen LogP contribution in [0, 0.1) is 0 Å². The zero-order valence-electron chi connectivity index (χ0n) is 11.6. The van der Waals surface area contributed by atoms with Crippen molar-refractivity contribution in [2.45, 2.75) is 19.9 Å². The SMILES string of the molecule is CCc1c(CN2CCNCC2)ccc2c1OCCO2. The van der Waals surface area contributed by atoms with Crippen LogP contribution in [-0.2, 0) is 13.0 Å². The molecule has 0 radical (unpaired) electrons. The van der Waals surface area contributed by atoms with Crippen LogP contribution in [0.4, 0.5) is 0 Å². The van der Waals surface area contributed by atoms with E-state index in [1.807, 2.05) is 0 Å². The van der Waals surface area contributed by atoms with Gasteiger partial charge in [0.1, 0.15) is 13.2 Å². The number of fused-ring (bicyclic) bond motifs is 1. The molecule has 2 aliphatic rings. The number of ether oxygens (including phenoxy) is 2. The van der Waals surface area contributed by atoms with Crippen molar-refractivity contribution in [1.29, 1.82) is 0 Å². The lowest BCUT2D eigenvalue weighted by molar-refractivity contribution is 0.169.